The third kappa shape index (κ3) is 2.84. The summed E-state index contributed by atoms with van der Waals surface area (Å²) in [7, 11) is 0. The molecule has 0 unspecified atom stereocenters. The van der Waals surface area contributed by atoms with Gasteiger partial charge in [0.25, 0.3) is 0 Å². The Bertz CT molecular complexity index is 380. The molecule has 0 aliphatic rings. The molecule has 80 valence electrons. The lowest BCUT2D eigenvalue weighted by Crippen LogP contribution is -2.02. The van der Waals surface area contributed by atoms with Crippen LogP contribution in [0, 0.1) is 6.92 Å². The highest BCUT2D eigenvalue weighted by atomic mass is 16.5. The number of rotatable bonds is 4. The lowest BCUT2D eigenvalue weighted by molar-refractivity contribution is 0.0695. The van der Waals surface area contributed by atoms with E-state index in [1.807, 2.05) is 19.1 Å². The SMILES string of the molecule is C/C=C/COc1cccc(C(=O)O)c1C. The van der Waals surface area contributed by atoms with Gasteiger partial charge in [-0.3, -0.25) is 0 Å². The van der Waals surface area contributed by atoms with Crippen LogP contribution < -0.4 is 4.74 Å². The molecule has 1 N–H and O–H groups in total. The van der Waals surface area contributed by atoms with Gasteiger partial charge in [0.05, 0.1) is 5.56 Å². The maximum Gasteiger partial charge on any atom is 0.336 e. The second-order valence-corrected chi connectivity index (χ2v) is 3.11. The molecule has 0 saturated carbocycles. The van der Waals surface area contributed by atoms with Crippen LogP contribution in [0.5, 0.6) is 5.75 Å². The van der Waals surface area contributed by atoms with Crippen molar-refractivity contribution in [2.45, 2.75) is 13.8 Å². The molecule has 0 aromatic heterocycles. The molecule has 0 saturated heterocycles. The topological polar surface area (TPSA) is 46.5 Å². The van der Waals surface area contributed by atoms with Crippen molar-refractivity contribution in [2.75, 3.05) is 6.61 Å². The van der Waals surface area contributed by atoms with Crippen molar-refractivity contribution in [3.05, 3.63) is 41.5 Å². The molecule has 3 nitrogen and oxygen atoms in total. The Balaban J connectivity index is 2.89. The van der Waals surface area contributed by atoms with Crippen LogP contribution in [0.25, 0.3) is 0 Å². The zero-order valence-electron chi connectivity index (χ0n) is 8.86. The van der Waals surface area contributed by atoms with Gasteiger partial charge in [0.1, 0.15) is 12.4 Å². The average Bonchev–Trinajstić information content (AvgIpc) is 2.20. The van der Waals surface area contributed by atoms with Crippen molar-refractivity contribution in [1.82, 2.24) is 0 Å². The van der Waals surface area contributed by atoms with Crippen molar-refractivity contribution in [2.24, 2.45) is 0 Å². The van der Waals surface area contributed by atoms with Crippen LogP contribution in [-0.2, 0) is 0 Å². The van der Waals surface area contributed by atoms with Crippen LogP contribution in [0.4, 0.5) is 0 Å². The standard InChI is InChI=1S/C12H14O3/c1-3-4-8-15-11-7-5-6-10(9(11)2)12(13)14/h3-7H,8H2,1-2H3,(H,13,14)/b4-3+. The van der Waals surface area contributed by atoms with Gasteiger partial charge in [-0.2, -0.15) is 0 Å². The van der Waals surface area contributed by atoms with Crippen molar-refractivity contribution >= 4 is 5.97 Å². The minimum Gasteiger partial charge on any atom is -0.489 e. The lowest BCUT2D eigenvalue weighted by atomic mass is 10.1. The molecule has 0 aliphatic carbocycles. The second kappa shape index (κ2) is 5.20. The molecule has 1 aromatic rings. The van der Waals surface area contributed by atoms with E-state index in [0.29, 0.717) is 17.9 Å². The number of benzene rings is 1. The normalized spacial score (nSPS) is 10.5. The van der Waals surface area contributed by atoms with E-state index in [4.69, 9.17) is 9.84 Å². The summed E-state index contributed by atoms with van der Waals surface area (Å²) in [6.45, 7) is 4.11. The third-order valence-electron chi connectivity index (χ3n) is 2.09. The minimum atomic E-state index is -0.927. The summed E-state index contributed by atoms with van der Waals surface area (Å²) in [6, 6.07) is 5.02. The highest BCUT2D eigenvalue weighted by molar-refractivity contribution is 5.90. The van der Waals surface area contributed by atoms with Crippen LogP contribution in [0.1, 0.15) is 22.8 Å². The fraction of sp³-hybridized carbons (Fsp3) is 0.250. The Morgan fingerprint density at radius 3 is 2.87 bits per heavy atom. The molecular formula is C12H14O3. The van der Waals surface area contributed by atoms with Gasteiger partial charge >= 0.3 is 5.97 Å². The molecule has 0 amide bonds. The number of hydrogen-bond acceptors (Lipinski definition) is 2. The zero-order chi connectivity index (χ0) is 11.3. The Kier molecular flexibility index (Phi) is 3.92. The molecule has 0 radical (unpaired) electrons. The fourth-order valence-corrected chi connectivity index (χ4v) is 1.24. The molecule has 0 atom stereocenters. The number of carboxylic acid groups (broad SMARTS) is 1. The van der Waals surface area contributed by atoms with E-state index < -0.39 is 5.97 Å². The maximum atomic E-state index is 10.8. The number of ether oxygens (including phenoxy) is 1. The van der Waals surface area contributed by atoms with Gasteiger partial charge in [-0.1, -0.05) is 18.2 Å². The second-order valence-electron chi connectivity index (χ2n) is 3.11. The molecular weight excluding hydrogens is 192 g/mol. The molecule has 1 rings (SSSR count). The van der Waals surface area contributed by atoms with E-state index in [9.17, 15) is 4.79 Å². The summed E-state index contributed by atoms with van der Waals surface area (Å²) in [5.74, 6) is -0.308. The van der Waals surface area contributed by atoms with Crippen LogP contribution in [0.15, 0.2) is 30.4 Å². The number of hydrogen-bond donors (Lipinski definition) is 1. The quantitative estimate of drug-likeness (QED) is 0.770. The molecule has 0 spiro atoms. The monoisotopic (exact) mass is 206 g/mol. The predicted octanol–water partition coefficient (Wildman–Crippen LogP) is 2.65. The van der Waals surface area contributed by atoms with E-state index >= 15 is 0 Å². The first-order valence-corrected chi connectivity index (χ1v) is 4.73. The van der Waals surface area contributed by atoms with Crippen molar-refractivity contribution in [1.29, 1.82) is 0 Å². The summed E-state index contributed by atoms with van der Waals surface area (Å²) in [5, 5.41) is 8.89. The first-order valence-electron chi connectivity index (χ1n) is 4.73. The summed E-state index contributed by atoms with van der Waals surface area (Å²) >= 11 is 0. The lowest BCUT2D eigenvalue weighted by Gasteiger charge is -2.08. The molecule has 15 heavy (non-hydrogen) atoms. The minimum absolute atomic E-state index is 0.285. The largest absolute Gasteiger partial charge is 0.489 e. The highest BCUT2D eigenvalue weighted by Gasteiger charge is 2.09. The van der Waals surface area contributed by atoms with Crippen molar-refractivity contribution < 1.29 is 14.6 Å². The van der Waals surface area contributed by atoms with Gasteiger partial charge in [-0.15, -0.1) is 0 Å². The smallest absolute Gasteiger partial charge is 0.336 e. The molecule has 0 fully saturated rings. The zero-order valence-corrected chi connectivity index (χ0v) is 8.86. The molecule has 3 heteroatoms. The Hall–Kier alpha value is -1.77. The number of allylic oxidation sites excluding steroid dienone is 1. The van der Waals surface area contributed by atoms with Gasteiger partial charge in [-0.05, 0) is 26.0 Å². The van der Waals surface area contributed by atoms with Gasteiger partial charge < -0.3 is 9.84 Å². The third-order valence-corrected chi connectivity index (χ3v) is 2.09. The number of carbonyl (C=O) groups is 1. The van der Waals surface area contributed by atoms with Crippen molar-refractivity contribution in [3.8, 4) is 5.75 Å². The fourth-order valence-electron chi connectivity index (χ4n) is 1.24. The van der Waals surface area contributed by atoms with Crippen LogP contribution in [-0.4, -0.2) is 17.7 Å². The maximum absolute atomic E-state index is 10.8. The van der Waals surface area contributed by atoms with Crippen LogP contribution >= 0.6 is 0 Å². The van der Waals surface area contributed by atoms with E-state index in [1.54, 1.807) is 25.1 Å². The molecule has 1 aromatic carbocycles. The van der Waals surface area contributed by atoms with E-state index in [-0.39, 0.29) is 5.56 Å². The Labute approximate surface area is 89.0 Å². The Morgan fingerprint density at radius 2 is 2.27 bits per heavy atom. The van der Waals surface area contributed by atoms with E-state index in [0.717, 1.165) is 0 Å². The summed E-state index contributed by atoms with van der Waals surface area (Å²) in [5.41, 5.74) is 0.947. The highest BCUT2D eigenvalue weighted by Crippen LogP contribution is 2.21. The average molecular weight is 206 g/mol. The van der Waals surface area contributed by atoms with Crippen molar-refractivity contribution in [3.63, 3.8) is 0 Å². The first kappa shape index (κ1) is 11.3. The number of aromatic carboxylic acids is 1. The number of carboxylic acids is 1. The van der Waals surface area contributed by atoms with Gasteiger partial charge in [0.2, 0.25) is 0 Å². The Morgan fingerprint density at radius 1 is 1.53 bits per heavy atom. The van der Waals surface area contributed by atoms with Crippen LogP contribution in [0.2, 0.25) is 0 Å². The molecule has 0 aliphatic heterocycles. The van der Waals surface area contributed by atoms with E-state index in [2.05, 4.69) is 0 Å². The van der Waals surface area contributed by atoms with Crippen LogP contribution in [0.3, 0.4) is 0 Å². The van der Waals surface area contributed by atoms with E-state index in [1.165, 1.54) is 0 Å². The summed E-state index contributed by atoms with van der Waals surface area (Å²) in [4.78, 5) is 10.8. The molecule has 0 bridgehead atoms. The summed E-state index contributed by atoms with van der Waals surface area (Å²) in [6.07, 6.45) is 3.75. The van der Waals surface area contributed by atoms with Gasteiger partial charge in [0, 0.05) is 5.56 Å². The molecule has 0 heterocycles. The van der Waals surface area contributed by atoms with Gasteiger partial charge in [-0.25, -0.2) is 4.79 Å². The van der Waals surface area contributed by atoms with Gasteiger partial charge in [0.15, 0.2) is 0 Å². The first-order chi connectivity index (χ1) is 7.16. The predicted molar refractivity (Wildman–Crippen MR) is 58.4 cm³/mol. The summed E-state index contributed by atoms with van der Waals surface area (Å²) < 4.78 is 5.42.